The number of halogens is 1. The van der Waals surface area contributed by atoms with Gasteiger partial charge in [0.1, 0.15) is 5.82 Å². The highest BCUT2D eigenvalue weighted by Crippen LogP contribution is 2.26. The summed E-state index contributed by atoms with van der Waals surface area (Å²) in [5.74, 6) is 1.80. The van der Waals surface area contributed by atoms with Gasteiger partial charge in [0.2, 0.25) is 0 Å². The third-order valence-corrected chi connectivity index (χ3v) is 5.69. The Bertz CT molecular complexity index is 920. The van der Waals surface area contributed by atoms with Gasteiger partial charge in [-0.05, 0) is 61.4 Å². The van der Waals surface area contributed by atoms with Crippen LogP contribution in [0.2, 0.25) is 0 Å². The number of hydrogen-bond donors (Lipinski definition) is 1. The molecule has 4 nitrogen and oxygen atoms in total. The maximum atomic E-state index is 8.89. The summed E-state index contributed by atoms with van der Waals surface area (Å²) < 4.78 is 0. The molecule has 1 saturated heterocycles. The van der Waals surface area contributed by atoms with Gasteiger partial charge in [-0.2, -0.15) is 5.26 Å². The summed E-state index contributed by atoms with van der Waals surface area (Å²) in [7, 11) is 0. The van der Waals surface area contributed by atoms with Crippen molar-refractivity contribution in [3.05, 3.63) is 83.4 Å². The van der Waals surface area contributed by atoms with Crippen molar-refractivity contribution in [1.82, 2.24) is 9.97 Å². The SMILES string of the molecule is Cl.N#Cc1ccc(Cc2ncc(CCC3CCN(c4ccccc4)CC3)[nH]2)cc1. The number of H-pyrrole nitrogens is 1. The first-order chi connectivity index (χ1) is 13.8. The number of aryl methyl sites for hydroxylation is 1. The quantitative estimate of drug-likeness (QED) is 0.616. The molecule has 2 heterocycles. The second kappa shape index (κ2) is 10.1. The van der Waals surface area contributed by atoms with Gasteiger partial charge in [0, 0.05) is 37.1 Å². The molecule has 0 spiro atoms. The fourth-order valence-corrected chi connectivity index (χ4v) is 3.99. The van der Waals surface area contributed by atoms with E-state index in [1.807, 2.05) is 30.5 Å². The highest BCUT2D eigenvalue weighted by Gasteiger charge is 2.19. The van der Waals surface area contributed by atoms with Crippen LogP contribution in [0.3, 0.4) is 0 Å². The molecule has 1 aromatic heterocycles. The summed E-state index contributed by atoms with van der Waals surface area (Å²) in [6, 6.07) is 20.6. The smallest absolute Gasteiger partial charge is 0.110 e. The minimum absolute atomic E-state index is 0. The van der Waals surface area contributed by atoms with Gasteiger partial charge in [-0.1, -0.05) is 30.3 Å². The van der Waals surface area contributed by atoms with Crippen molar-refractivity contribution in [1.29, 1.82) is 5.26 Å². The number of imidazole rings is 1. The number of piperidine rings is 1. The molecule has 0 amide bonds. The third-order valence-electron chi connectivity index (χ3n) is 5.69. The van der Waals surface area contributed by atoms with Crippen LogP contribution in [0.5, 0.6) is 0 Å². The maximum Gasteiger partial charge on any atom is 0.110 e. The zero-order chi connectivity index (χ0) is 19.2. The Kier molecular flexibility index (Phi) is 7.32. The number of rotatable bonds is 6. The van der Waals surface area contributed by atoms with Gasteiger partial charge in [-0.25, -0.2) is 4.98 Å². The molecular formula is C24H27ClN4. The van der Waals surface area contributed by atoms with Gasteiger partial charge in [0.05, 0.1) is 11.6 Å². The number of aromatic nitrogens is 2. The predicted octanol–water partition coefficient (Wildman–Crippen LogP) is 5.14. The van der Waals surface area contributed by atoms with E-state index in [0.717, 1.165) is 37.7 Å². The molecule has 29 heavy (non-hydrogen) atoms. The summed E-state index contributed by atoms with van der Waals surface area (Å²) in [6.45, 7) is 2.31. The molecule has 150 valence electrons. The number of nitrogens with zero attached hydrogens (tertiary/aromatic N) is 3. The highest BCUT2D eigenvalue weighted by molar-refractivity contribution is 5.85. The second-order valence-corrected chi connectivity index (χ2v) is 7.65. The molecule has 1 fully saturated rings. The molecule has 1 aliphatic heterocycles. The van der Waals surface area contributed by atoms with E-state index in [9.17, 15) is 0 Å². The van der Waals surface area contributed by atoms with Gasteiger partial charge >= 0.3 is 0 Å². The molecular weight excluding hydrogens is 380 g/mol. The molecule has 0 unspecified atom stereocenters. The monoisotopic (exact) mass is 406 g/mol. The number of hydrogen-bond acceptors (Lipinski definition) is 3. The van der Waals surface area contributed by atoms with Crippen LogP contribution in [-0.4, -0.2) is 23.1 Å². The van der Waals surface area contributed by atoms with Crippen LogP contribution in [-0.2, 0) is 12.8 Å². The number of anilines is 1. The molecule has 5 heteroatoms. The summed E-state index contributed by atoms with van der Waals surface area (Å²) in [6.07, 6.45) is 7.58. The highest BCUT2D eigenvalue weighted by atomic mass is 35.5. The second-order valence-electron chi connectivity index (χ2n) is 7.65. The fourth-order valence-electron chi connectivity index (χ4n) is 3.99. The van der Waals surface area contributed by atoms with Crippen molar-refractivity contribution < 1.29 is 0 Å². The van der Waals surface area contributed by atoms with Crippen molar-refractivity contribution >= 4 is 18.1 Å². The first-order valence-corrected chi connectivity index (χ1v) is 10.1. The van der Waals surface area contributed by atoms with Crippen molar-refractivity contribution in [3.63, 3.8) is 0 Å². The van der Waals surface area contributed by atoms with Gasteiger partial charge in [0.25, 0.3) is 0 Å². The minimum Gasteiger partial charge on any atom is -0.372 e. The van der Waals surface area contributed by atoms with Crippen molar-refractivity contribution in [2.75, 3.05) is 18.0 Å². The summed E-state index contributed by atoms with van der Waals surface area (Å²) in [5, 5.41) is 8.89. The van der Waals surface area contributed by atoms with Crippen LogP contribution in [0.4, 0.5) is 5.69 Å². The summed E-state index contributed by atoms with van der Waals surface area (Å²) >= 11 is 0. The van der Waals surface area contributed by atoms with Crippen LogP contribution in [0.25, 0.3) is 0 Å². The van der Waals surface area contributed by atoms with Gasteiger partial charge in [-0.15, -0.1) is 12.4 Å². The molecule has 0 saturated carbocycles. The van der Waals surface area contributed by atoms with Gasteiger partial charge in [-0.3, -0.25) is 0 Å². The van der Waals surface area contributed by atoms with E-state index in [-0.39, 0.29) is 12.4 Å². The summed E-state index contributed by atoms with van der Waals surface area (Å²) in [5.41, 5.74) is 4.45. The average Bonchev–Trinajstić information content (AvgIpc) is 3.21. The van der Waals surface area contributed by atoms with Crippen LogP contribution in [0.15, 0.2) is 60.8 Å². The lowest BCUT2D eigenvalue weighted by Gasteiger charge is -2.33. The number of aromatic amines is 1. The lowest BCUT2D eigenvalue weighted by Crippen LogP contribution is -2.33. The van der Waals surface area contributed by atoms with E-state index in [2.05, 4.69) is 51.3 Å². The predicted molar refractivity (Wildman–Crippen MR) is 119 cm³/mol. The minimum atomic E-state index is 0. The fraction of sp³-hybridized carbons (Fsp3) is 0.333. The number of nitrogens with one attached hydrogen (secondary N) is 1. The van der Waals surface area contributed by atoms with E-state index < -0.39 is 0 Å². The van der Waals surface area contributed by atoms with E-state index >= 15 is 0 Å². The summed E-state index contributed by atoms with van der Waals surface area (Å²) in [4.78, 5) is 10.5. The van der Waals surface area contributed by atoms with Crippen molar-refractivity contribution in [2.24, 2.45) is 5.92 Å². The average molecular weight is 407 g/mol. The maximum absolute atomic E-state index is 8.89. The normalized spacial score (nSPS) is 14.2. The zero-order valence-electron chi connectivity index (χ0n) is 16.6. The number of benzene rings is 2. The topological polar surface area (TPSA) is 55.7 Å². The molecule has 1 N–H and O–H groups in total. The van der Waals surface area contributed by atoms with E-state index in [1.54, 1.807) is 0 Å². The Morgan fingerprint density at radius 1 is 1.03 bits per heavy atom. The first kappa shape index (κ1) is 21.0. The van der Waals surface area contributed by atoms with E-state index in [4.69, 9.17) is 5.26 Å². The first-order valence-electron chi connectivity index (χ1n) is 10.1. The molecule has 0 aliphatic carbocycles. The molecule has 0 bridgehead atoms. The zero-order valence-corrected chi connectivity index (χ0v) is 17.4. The molecule has 1 aliphatic rings. The van der Waals surface area contributed by atoms with Crippen LogP contribution >= 0.6 is 12.4 Å². The van der Waals surface area contributed by atoms with Gasteiger partial charge < -0.3 is 9.88 Å². The van der Waals surface area contributed by atoms with E-state index in [1.165, 1.54) is 36.2 Å². The molecule has 2 aromatic carbocycles. The molecule has 0 atom stereocenters. The lowest BCUT2D eigenvalue weighted by molar-refractivity contribution is 0.381. The Hall–Kier alpha value is -2.77. The number of para-hydroxylation sites is 1. The standard InChI is InChI=1S/C24H26N4.ClH/c25-17-21-8-6-20(7-9-21)16-24-26-18-22(27-24)11-10-19-12-14-28(15-13-19)23-4-2-1-3-5-23;/h1-9,18-19H,10-16H2,(H,26,27);1H. The Morgan fingerprint density at radius 2 is 1.76 bits per heavy atom. The number of nitriles is 1. The Labute approximate surface area is 179 Å². The largest absolute Gasteiger partial charge is 0.372 e. The molecule has 3 aromatic rings. The van der Waals surface area contributed by atoms with Gasteiger partial charge in [0.15, 0.2) is 0 Å². The molecule has 0 radical (unpaired) electrons. The van der Waals surface area contributed by atoms with E-state index in [0.29, 0.717) is 5.56 Å². The van der Waals surface area contributed by atoms with Crippen LogP contribution < -0.4 is 4.90 Å². The molecule has 4 rings (SSSR count). The van der Waals surface area contributed by atoms with Crippen molar-refractivity contribution in [2.45, 2.75) is 32.1 Å². The lowest BCUT2D eigenvalue weighted by atomic mass is 9.91. The Balaban J connectivity index is 0.00000240. The Morgan fingerprint density at radius 3 is 2.45 bits per heavy atom. The third kappa shape index (κ3) is 5.62. The van der Waals surface area contributed by atoms with Crippen molar-refractivity contribution in [3.8, 4) is 6.07 Å². The van der Waals surface area contributed by atoms with Crippen LogP contribution in [0, 0.1) is 17.2 Å². The van der Waals surface area contributed by atoms with Crippen LogP contribution in [0.1, 0.15) is 41.9 Å².